The van der Waals surface area contributed by atoms with E-state index in [0.29, 0.717) is 18.5 Å². The smallest absolute Gasteiger partial charge is 0.190 e. The number of ether oxygens (including phenoxy) is 1. The predicted octanol–water partition coefficient (Wildman–Crippen LogP) is 2.61. The minimum absolute atomic E-state index is 0.113. The molecule has 2 N–H and O–H groups in total. The highest BCUT2D eigenvalue weighted by molar-refractivity contribution is 5.31. The van der Waals surface area contributed by atoms with Crippen molar-refractivity contribution in [2.45, 2.75) is 39.3 Å². The van der Waals surface area contributed by atoms with Crippen molar-refractivity contribution in [1.29, 1.82) is 0 Å². The van der Waals surface area contributed by atoms with Gasteiger partial charge in [-0.05, 0) is 37.1 Å². The SMILES string of the molecule is CCCNCc1cc(F)c(OCC(O)CC)c(F)c1. The van der Waals surface area contributed by atoms with Gasteiger partial charge in [0.2, 0.25) is 0 Å². The van der Waals surface area contributed by atoms with Crippen molar-refractivity contribution in [2.24, 2.45) is 0 Å². The van der Waals surface area contributed by atoms with Gasteiger partial charge in [-0.2, -0.15) is 0 Å². The number of benzene rings is 1. The van der Waals surface area contributed by atoms with E-state index in [-0.39, 0.29) is 6.61 Å². The molecule has 108 valence electrons. The highest BCUT2D eigenvalue weighted by Gasteiger charge is 2.14. The molecule has 0 radical (unpaired) electrons. The van der Waals surface area contributed by atoms with Crippen LogP contribution < -0.4 is 10.1 Å². The molecule has 0 fully saturated rings. The number of nitrogens with one attached hydrogen (secondary N) is 1. The van der Waals surface area contributed by atoms with Gasteiger partial charge in [-0.25, -0.2) is 8.78 Å². The molecule has 0 amide bonds. The zero-order valence-electron chi connectivity index (χ0n) is 11.4. The lowest BCUT2D eigenvalue weighted by Gasteiger charge is -2.13. The Morgan fingerprint density at radius 2 is 1.89 bits per heavy atom. The van der Waals surface area contributed by atoms with Crippen LogP contribution in [0.4, 0.5) is 8.78 Å². The molecule has 0 aromatic heterocycles. The Labute approximate surface area is 112 Å². The summed E-state index contributed by atoms with van der Waals surface area (Å²) in [6.45, 7) is 4.88. The standard InChI is InChI=1S/C14H21F2NO2/c1-3-5-17-8-10-6-12(15)14(13(16)7-10)19-9-11(18)4-2/h6-7,11,17-18H,3-5,8-9H2,1-2H3. The van der Waals surface area contributed by atoms with Crippen molar-refractivity contribution >= 4 is 0 Å². The first-order chi connectivity index (χ1) is 9.08. The molecule has 1 aromatic carbocycles. The summed E-state index contributed by atoms with van der Waals surface area (Å²) in [6.07, 6.45) is 0.716. The van der Waals surface area contributed by atoms with Crippen LogP contribution in [0.2, 0.25) is 0 Å². The molecule has 0 saturated heterocycles. The van der Waals surface area contributed by atoms with Crippen LogP contribution >= 0.6 is 0 Å². The summed E-state index contributed by atoms with van der Waals surface area (Å²) in [5.41, 5.74) is 0.534. The maximum absolute atomic E-state index is 13.7. The van der Waals surface area contributed by atoms with Crippen molar-refractivity contribution in [3.05, 3.63) is 29.3 Å². The molecular formula is C14H21F2NO2. The molecule has 0 bridgehead atoms. The number of halogens is 2. The van der Waals surface area contributed by atoms with Crippen LogP contribution in [-0.2, 0) is 6.54 Å². The topological polar surface area (TPSA) is 41.5 Å². The Hall–Kier alpha value is -1.20. The number of hydrogen-bond acceptors (Lipinski definition) is 3. The van der Waals surface area contributed by atoms with Gasteiger partial charge in [0.1, 0.15) is 6.61 Å². The van der Waals surface area contributed by atoms with Crippen LogP contribution in [0.3, 0.4) is 0 Å². The average Bonchev–Trinajstić information content (AvgIpc) is 2.37. The molecule has 0 heterocycles. The van der Waals surface area contributed by atoms with Gasteiger partial charge >= 0.3 is 0 Å². The number of rotatable bonds is 8. The van der Waals surface area contributed by atoms with Gasteiger partial charge in [0, 0.05) is 6.54 Å². The maximum Gasteiger partial charge on any atom is 0.190 e. The molecule has 0 spiro atoms. The summed E-state index contributed by atoms with van der Waals surface area (Å²) in [5.74, 6) is -1.90. The summed E-state index contributed by atoms with van der Waals surface area (Å²) < 4.78 is 32.4. The van der Waals surface area contributed by atoms with E-state index in [0.717, 1.165) is 13.0 Å². The zero-order valence-corrected chi connectivity index (χ0v) is 11.4. The molecule has 0 aliphatic heterocycles. The molecule has 0 saturated carbocycles. The van der Waals surface area contributed by atoms with Gasteiger partial charge in [0.25, 0.3) is 0 Å². The third kappa shape index (κ3) is 5.12. The quantitative estimate of drug-likeness (QED) is 0.715. The fourth-order valence-electron chi connectivity index (χ4n) is 1.56. The molecule has 1 unspecified atom stereocenters. The number of aliphatic hydroxyl groups is 1. The molecule has 19 heavy (non-hydrogen) atoms. The monoisotopic (exact) mass is 273 g/mol. The van der Waals surface area contributed by atoms with Crippen molar-refractivity contribution in [1.82, 2.24) is 5.32 Å². The van der Waals surface area contributed by atoms with Gasteiger partial charge in [0.15, 0.2) is 17.4 Å². The van der Waals surface area contributed by atoms with Crippen molar-refractivity contribution < 1.29 is 18.6 Å². The van der Waals surface area contributed by atoms with E-state index in [1.807, 2.05) is 6.92 Å². The van der Waals surface area contributed by atoms with Gasteiger partial charge in [0.05, 0.1) is 6.10 Å². The Bertz CT molecular complexity index is 376. The number of aliphatic hydroxyl groups excluding tert-OH is 1. The molecular weight excluding hydrogens is 252 g/mol. The number of hydrogen-bond donors (Lipinski definition) is 2. The van der Waals surface area contributed by atoms with Crippen LogP contribution in [0.25, 0.3) is 0 Å². The zero-order chi connectivity index (χ0) is 14.3. The Kier molecular flexibility index (Phi) is 6.73. The van der Waals surface area contributed by atoms with Crippen LogP contribution in [-0.4, -0.2) is 24.4 Å². The van der Waals surface area contributed by atoms with Gasteiger partial charge < -0.3 is 15.2 Å². The largest absolute Gasteiger partial charge is 0.485 e. The summed E-state index contributed by atoms with van der Waals surface area (Å²) >= 11 is 0. The van der Waals surface area contributed by atoms with Gasteiger partial charge in [-0.3, -0.25) is 0 Å². The molecule has 3 nitrogen and oxygen atoms in total. The highest BCUT2D eigenvalue weighted by atomic mass is 19.1. The fraction of sp³-hybridized carbons (Fsp3) is 0.571. The van der Waals surface area contributed by atoms with Crippen molar-refractivity contribution in [3.63, 3.8) is 0 Å². The van der Waals surface area contributed by atoms with E-state index in [1.165, 1.54) is 12.1 Å². The van der Waals surface area contributed by atoms with Gasteiger partial charge in [-0.1, -0.05) is 13.8 Å². The normalized spacial score (nSPS) is 12.5. The third-order valence-corrected chi connectivity index (χ3v) is 2.71. The van der Waals surface area contributed by atoms with Crippen LogP contribution in [0, 0.1) is 11.6 Å². The Balaban J connectivity index is 2.68. The van der Waals surface area contributed by atoms with Crippen molar-refractivity contribution in [3.8, 4) is 5.75 Å². The van der Waals surface area contributed by atoms with Crippen LogP contribution in [0.1, 0.15) is 32.3 Å². The van der Waals surface area contributed by atoms with E-state index in [9.17, 15) is 13.9 Å². The molecule has 1 atom stereocenters. The lowest BCUT2D eigenvalue weighted by Crippen LogP contribution is -2.18. The lowest BCUT2D eigenvalue weighted by atomic mass is 10.2. The van der Waals surface area contributed by atoms with E-state index in [4.69, 9.17) is 4.74 Å². The maximum atomic E-state index is 13.7. The van der Waals surface area contributed by atoms with E-state index in [1.54, 1.807) is 6.92 Å². The second-order valence-corrected chi connectivity index (χ2v) is 4.44. The molecule has 1 rings (SSSR count). The second kappa shape index (κ2) is 8.07. The fourth-order valence-corrected chi connectivity index (χ4v) is 1.56. The summed E-state index contributed by atoms with van der Waals surface area (Å²) in [6, 6.07) is 2.50. The summed E-state index contributed by atoms with van der Waals surface area (Å²) in [7, 11) is 0. The highest BCUT2D eigenvalue weighted by Crippen LogP contribution is 2.23. The summed E-state index contributed by atoms with van der Waals surface area (Å²) in [5, 5.41) is 12.4. The second-order valence-electron chi connectivity index (χ2n) is 4.44. The Morgan fingerprint density at radius 3 is 2.42 bits per heavy atom. The Morgan fingerprint density at radius 1 is 1.26 bits per heavy atom. The van der Waals surface area contributed by atoms with Gasteiger partial charge in [-0.15, -0.1) is 0 Å². The van der Waals surface area contributed by atoms with E-state index >= 15 is 0 Å². The first-order valence-corrected chi connectivity index (χ1v) is 6.58. The first kappa shape index (κ1) is 15.9. The minimum Gasteiger partial charge on any atom is -0.485 e. The molecule has 5 heteroatoms. The van der Waals surface area contributed by atoms with E-state index < -0.39 is 23.5 Å². The van der Waals surface area contributed by atoms with E-state index in [2.05, 4.69) is 5.32 Å². The summed E-state index contributed by atoms with van der Waals surface area (Å²) in [4.78, 5) is 0. The minimum atomic E-state index is -0.739. The van der Waals surface area contributed by atoms with Crippen LogP contribution in [0.5, 0.6) is 5.75 Å². The third-order valence-electron chi connectivity index (χ3n) is 2.71. The molecule has 0 aliphatic rings. The first-order valence-electron chi connectivity index (χ1n) is 6.58. The van der Waals surface area contributed by atoms with Crippen molar-refractivity contribution in [2.75, 3.05) is 13.2 Å². The average molecular weight is 273 g/mol. The lowest BCUT2D eigenvalue weighted by molar-refractivity contribution is 0.0994. The molecule has 0 aliphatic carbocycles. The van der Waals surface area contributed by atoms with Crippen LogP contribution in [0.15, 0.2) is 12.1 Å². The predicted molar refractivity (Wildman–Crippen MR) is 70.1 cm³/mol. The molecule has 1 aromatic rings.